The highest BCUT2D eigenvalue weighted by Gasteiger charge is 2.12. The highest BCUT2D eigenvalue weighted by molar-refractivity contribution is 6.14. The summed E-state index contributed by atoms with van der Waals surface area (Å²) >= 11 is 0. The average Bonchev–Trinajstić information content (AvgIpc) is 2.93. The lowest BCUT2D eigenvalue weighted by molar-refractivity contribution is 1.16. The summed E-state index contributed by atoms with van der Waals surface area (Å²) in [5.74, 6) is 0. The Balaban J connectivity index is 1.40. The predicted octanol–water partition coefficient (Wildman–Crippen LogP) is 9.86. The quantitative estimate of drug-likeness (QED) is 0.235. The lowest BCUT2D eigenvalue weighted by atomic mass is 9.89. The van der Waals surface area contributed by atoms with Gasteiger partial charge in [-0.05, 0) is 79.4 Å². The van der Waals surface area contributed by atoms with Crippen LogP contribution in [0.25, 0.3) is 54.9 Å². The Kier molecular flexibility index (Phi) is 5.43. The van der Waals surface area contributed by atoms with Crippen molar-refractivity contribution >= 4 is 21.5 Å². The Bertz CT molecular complexity index is 1640. The van der Waals surface area contributed by atoms with Crippen molar-refractivity contribution in [2.45, 2.75) is 20.3 Å². The first-order valence-corrected chi connectivity index (χ1v) is 12.4. The van der Waals surface area contributed by atoms with Gasteiger partial charge in [-0.1, -0.05) is 128 Å². The van der Waals surface area contributed by atoms with Crippen molar-refractivity contribution < 1.29 is 0 Å². The maximum atomic E-state index is 2.30. The Labute approximate surface area is 207 Å². The molecule has 0 spiro atoms. The molecule has 0 nitrogen and oxygen atoms in total. The second kappa shape index (κ2) is 8.89. The summed E-state index contributed by atoms with van der Waals surface area (Å²) in [6.45, 7) is 4.48. The van der Waals surface area contributed by atoms with Crippen molar-refractivity contribution in [1.82, 2.24) is 0 Å². The molecule has 0 aliphatic rings. The van der Waals surface area contributed by atoms with E-state index in [1.54, 1.807) is 0 Å². The highest BCUT2D eigenvalue weighted by atomic mass is 14.2. The van der Waals surface area contributed by atoms with Gasteiger partial charge in [0.1, 0.15) is 0 Å². The SMILES string of the molecule is CCc1cccc2ccc3c(-c4ccc(-c5ccc(-c6ccccc6)cc5)cc4)ccc(C)c3c12. The van der Waals surface area contributed by atoms with Crippen LogP contribution in [0.2, 0.25) is 0 Å². The molecule has 0 fully saturated rings. The number of fused-ring (bicyclic) bond motifs is 3. The van der Waals surface area contributed by atoms with E-state index in [0.29, 0.717) is 0 Å². The van der Waals surface area contributed by atoms with Gasteiger partial charge in [0.2, 0.25) is 0 Å². The standard InChI is InChI=1S/C35H28/c1-3-25-10-7-11-31-21-23-33-32(22-12-24(2)34(33)35(25)31)30-19-17-29(18-20-30)28-15-13-27(14-16-28)26-8-5-4-6-9-26/h4-23H,3H2,1-2H3. The van der Waals surface area contributed by atoms with E-state index in [-0.39, 0.29) is 0 Å². The second-order valence-electron chi connectivity index (χ2n) is 9.31. The third-order valence-corrected chi connectivity index (χ3v) is 7.22. The molecule has 0 heteroatoms. The maximum Gasteiger partial charge on any atom is -0.00671 e. The van der Waals surface area contributed by atoms with Crippen molar-refractivity contribution in [3.8, 4) is 33.4 Å². The van der Waals surface area contributed by atoms with Gasteiger partial charge in [0, 0.05) is 0 Å². The topological polar surface area (TPSA) is 0 Å². The average molecular weight is 449 g/mol. The van der Waals surface area contributed by atoms with Crippen molar-refractivity contribution in [1.29, 1.82) is 0 Å². The van der Waals surface area contributed by atoms with Gasteiger partial charge in [-0.2, -0.15) is 0 Å². The number of aryl methyl sites for hydroxylation is 2. The Morgan fingerprint density at radius 2 is 1.06 bits per heavy atom. The molecule has 0 aliphatic carbocycles. The molecule has 0 saturated carbocycles. The van der Waals surface area contributed by atoms with Crippen LogP contribution in [0, 0.1) is 6.92 Å². The van der Waals surface area contributed by atoms with Crippen LogP contribution in [0.1, 0.15) is 18.1 Å². The molecule has 6 rings (SSSR count). The van der Waals surface area contributed by atoms with E-state index in [0.717, 1.165) is 6.42 Å². The Morgan fingerprint density at radius 3 is 1.69 bits per heavy atom. The highest BCUT2D eigenvalue weighted by Crippen LogP contribution is 2.37. The zero-order valence-corrected chi connectivity index (χ0v) is 20.3. The fraction of sp³-hybridized carbons (Fsp3) is 0.0857. The van der Waals surface area contributed by atoms with E-state index in [4.69, 9.17) is 0 Å². The van der Waals surface area contributed by atoms with E-state index in [2.05, 4.69) is 135 Å². The molecule has 35 heavy (non-hydrogen) atoms. The first kappa shape index (κ1) is 21.4. The minimum absolute atomic E-state index is 1.04. The molecule has 0 saturated heterocycles. The van der Waals surface area contributed by atoms with Crippen LogP contribution in [-0.4, -0.2) is 0 Å². The summed E-state index contributed by atoms with van der Waals surface area (Å²) in [4.78, 5) is 0. The van der Waals surface area contributed by atoms with Gasteiger partial charge in [-0.3, -0.25) is 0 Å². The molecule has 6 aromatic rings. The van der Waals surface area contributed by atoms with E-state index >= 15 is 0 Å². The second-order valence-corrected chi connectivity index (χ2v) is 9.31. The largest absolute Gasteiger partial charge is 0.0622 e. The van der Waals surface area contributed by atoms with Crippen molar-refractivity contribution in [2.75, 3.05) is 0 Å². The third kappa shape index (κ3) is 3.82. The molecule has 0 aliphatic heterocycles. The van der Waals surface area contributed by atoms with Gasteiger partial charge in [-0.15, -0.1) is 0 Å². The number of benzene rings is 6. The van der Waals surface area contributed by atoms with E-state index in [1.165, 1.54) is 66.1 Å². The zero-order chi connectivity index (χ0) is 23.8. The van der Waals surface area contributed by atoms with E-state index in [1.807, 2.05) is 0 Å². The van der Waals surface area contributed by atoms with Gasteiger partial charge >= 0.3 is 0 Å². The summed E-state index contributed by atoms with van der Waals surface area (Å²) in [5, 5.41) is 5.45. The molecular formula is C35H28. The number of rotatable bonds is 4. The molecule has 168 valence electrons. The first-order valence-electron chi connectivity index (χ1n) is 12.4. The van der Waals surface area contributed by atoms with Crippen LogP contribution in [0.5, 0.6) is 0 Å². The van der Waals surface area contributed by atoms with Crippen LogP contribution in [0.15, 0.2) is 121 Å². The molecule has 0 radical (unpaired) electrons. The molecule has 0 unspecified atom stereocenters. The summed E-state index contributed by atoms with van der Waals surface area (Å²) < 4.78 is 0. The molecule has 0 amide bonds. The number of hydrogen-bond donors (Lipinski definition) is 0. The Morgan fingerprint density at radius 1 is 0.457 bits per heavy atom. The fourth-order valence-corrected chi connectivity index (χ4v) is 5.34. The summed E-state index contributed by atoms with van der Waals surface area (Å²) in [6.07, 6.45) is 1.04. The lowest BCUT2D eigenvalue weighted by Crippen LogP contribution is -1.90. The molecule has 0 N–H and O–H groups in total. The van der Waals surface area contributed by atoms with Gasteiger partial charge < -0.3 is 0 Å². The molecular weight excluding hydrogens is 420 g/mol. The molecule has 0 atom stereocenters. The fourth-order valence-electron chi connectivity index (χ4n) is 5.34. The predicted molar refractivity (Wildman–Crippen MR) is 152 cm³/mol. The smallest absolute Gasteiger partial charge is 0.00671 e. The van der Waals surface area contributed by atoms with Crippen LogP contribution < -0.4 is 0 Å². The third-order valence-electron chi connectivity index (χ3n) is 7.22. The molecule has 6 aromatic carbocycles. The minimum Gasteiger partial charge on any atom is -0.0622 e. The van der Waals surface area contributed by atoms with Crippen molar-refractivity contribution in [3.05, 3.63) is 132 Å². The van der Waals surface area contributed by atoms with Crippen molar-refractivity contribution in [3.63, 3.8) is 0 Å². The normalized spacial score (nSPS) is 11.3. The van der Waals surface area contributed by atoms with E-state index in [9.17, 15) is 0 Å². The van der Waals surface area contributed by atoms with Crippen LogP contribution in [0.3, 0.4) is 0 Å². The van der Waals surface area contributed by atoms with Crippen LogP contribution >= 0.6 is 0 Å². The molecule has 0 bridgehead atoms. The zero-order valence-electron chi connectivity index (χ0n) is 20.3. The Hall–Kier alpha value is -4.16. The van der Waals surface area contributed by atoms with Gasteiger partial charge in [0.05, 0.1) is 0 Å². The van der Waals surface area contributed by atoms with Gasteiger partial charge in [-0.25, -0.2) is 0 Å². The first-order chi connectivity index (χ1) is 17.2. The molecule has 0 aromatic heterocycles. The van der Waals surface area contributed by atoms with Gasteiger partial charge in [0.25, 0.3) is 0 Å². The molecule has 0 heterocycles. The monoisotopic (exact) mass is 448 g/mol. The summed E-state index contributed by atoms with van der Waals surface area (Å²) in [7, 11) is 0. The summed E-state index contributed by atoms with van der Waals surface area (Å²) in [5.41, 5.74) is 10.3. The van der Waals surface area contributed by atoms with Gasteiger partial charge in [0.15, 0.2) is 0 Å². The van der Waals surface area contributed by atoms with E-state index < -0.39 is 0 Å². The lowest BCUT2D eigenvalue weighted by Gasteiger charge is -2.15. The minimum atomic E-state index is 1.04. The van der Waals surface area contributed by atoms with Crippen LogP contribution in [-0.2, 0) is 6.42 Å². The summed E-state index contributed by atoms with van der Waals surface area (Å²) in [6, 6.07) is 44.2. The van der Waals surface area contributed by atoms with Crippen LogP contribution in [0.4, 0.5) is 0 Å². The number of hydrogen-bond acceptors (Lipinski definition) is 0. The van der Waals surface area contributed by atoms with Crippen molar-refractivity contribution in [2.24, 2.45) is 0 Å². The maximum absolute atomic E-state index is 2.30.